The Morgan fingerprint density at radius 1 is 1.28 bits per heavy atom. The third-order valence-corrected chi connectivity index (χ3v) is 3.15. The highest BCUT2D eigenvalue weighted by atomic mass is 15.1. The summed E-state index contributed by atoms with van der Waals surface area (Å²) in [6.45, 7) is 0.496. The Kier molecular flexibility index (Phi) is 2.41. The third kappa shape index (κ3) is 1.52. The van der Waals surface area contributed by atoms with E-state index in [9.17, 15) is 0 Å². The predicted molar refractivity (Wildman–Crippen MR) is 70.8 cm³/mol. The lowest BCUT2D eigenvalue weighted by Crippen LogP contribution is -1.97. The topological polar surface area (TPSA) is 61.7 Å². The standard InChI is InChI=1S/C13H15N5/c1-17-7-10(15-8-17)13-16-12-9(6-14)4-3-5-11(12)18(13)2/h3-5,7-8H,6,14H2,1-2H3. The molecule has 0 radical (unpaired) electrons. The van der Waals surface area contributed by atoms with Gasteiger partial charge in [-0.25, -0.2) is 9.97 Å². The number of hydrogen-bond acceptors (Lipinski definition) is 3. The van der Waals surface area contributed by atoms with Crippen molar-refractivity contribution in [2.45, 2.75) is 6.54 Å². The molecule has 5 heteroatoms. The molecule has 3 aromatic rings. The predicted octanol–water partition coefficient (Wildman–Crippen LogP) is 1.43. The van der Waals surface area contributed by atoms with Gasteiger partial charge in [0.15, 0.2) is 5.82 Å². The van der Waals surface area contributed by atoms with Gasteiger partial charge >= 0.3 is 0 Å². The minimum Gasteiger partial charge on any atom is -0.340 e. The number of para-hydroxylation sites is 1. The van der Waals surface area contributed by atoms with E-state index in [2.05, 4.69) is 14.5 Å². The fourth-order valence-electron chi connectivity index (χ4n) is 2.19. The van der Waals surface area contributed by atoms with E-state index in [1.165, 1.54) is 0 Å². The largest absolute Gasteiger partial charge is 0.340 e. The van der Waals surface area contributed by atoms with E-state index < -0.39 is 0 Å². The van der Waals surface area contributed by atoms with E-state index in [0.717, 1.165) is 28.1 Å². The van der Waals surface area contributed by atoms with Crippen LogP contribution in [-0.4, -0.2) is 19.1 Å². The van der Waals surface area contributed by atoms with Gasteiger partial charge in [-0.2, -0.15) is 0 Å². The van der Waals surface area contributed by atoms with Crippen LogP contribution in [0.5, 0.6) is 0 Å². The van der Waals surface area contributed by atoms with Crippen LogP contribution in [0.4, 0.5) is 0 Å². The lowest BCUT2D eigenvalue weighted by molar-refractivity contribution is 0.912. The molecule has 92 valence electrons. The van der Waals surface area contributed by atoms with Gasteiger partial charge in [-0.05, 0) is 11.6 Å². The number of fused-ring (bicyclic) bond motifs is 1. The first-order valence-corrected chi connectivity index (χ1v) is 5.83. The summed E-state index contributed by atoms with van der Waals surface area (Å²) in [4.78, 5) is 9.02. The molecule has 0 spiro atoms. The number of hydrogen-bond donors (Lipinski definition) is 1. The van der Waals surface area contributed by atoms with Gasteiger partial charge in [0.2, 0.25) is 0 Å². The van der Waals surface area contributed by atoms with Crippen molar-refractivity contribution in [3.8, 4) is 11.5 Å². The number of aromatic nitrogens is 4. The van der Waals surface area contributed by atoms with E-state index in [4.69, 9.17) is 5.73 Å². The van der Waals surface area contributed by atoms with Crippen molar-refractivity contribution in [1.29, 1.82) is 0 Å². The number of nitrogens with two attached hydrogens (primary N) is 1. The molecule has 0 atom stereocenters. The molecule has 18 heavy (non-hydrogen) atoms. The van der Waals surface area contributed by atoms with Gasteiger partial charge in [-0.1, -0.05) is 12.1 Å². The highest BCUT2D eigenvalue weighted by molar-refractivity contribution is 5.82. The number of nitrogens with zero attached hydrogens (tertiary/aromatic N) is 4. The molecule has 3 rings (SSSR count). The number of rotatable bonds is 2. The number of aryl methyl sites for hydroxylation is 2. The minimum atomic E-state index is 0.496. The van der Waals surface area contributed by atoms with E-state index in [-0.39, 0.29) is 0 Å². The monoisotopic (exact) mass is 241 g/mol. The van der Waals surface area contributed by atoms with Crippen LogP contribution in [0, 0.1) is 0 Å². The van der Waals surface area contributed by atoms with Crippen LogP contribution in [0.3, 0.4) is 0 Å². The SMILES string of the molecule is Cn1cnc(-c2nc3c(CN)cccc3n2C)c1. The summed E-state index contributed by atoms with van der Waals surface area (Å²) in [6.07, 6.45) is 3.74. The molecule has 0 saturated heterocycles. The molecule has 0 bridgehead atoms. The molecular formula is C13H15N5. The van der Waals surface area contributed by atoms with Crippen LogP contribution in [0.1, 0.15) is 5.56 Å². The molecule has 0 saturated carbocycles. The fraction of sp³-hybridized carbons (Fsp3) is 0.231. The fourth-order valence-corrected chi connectivity index (χ4v) is 2.19. The van der Waals surface area contributed by atoms with E-state index in [1.807, 2.05) is 43.1 Å². The Hall–Kier alpha value is -2.14. The van der Waals surface area contributed by atoms with Crippen molar-refractivity contribution in [2.75, 3.05) is 0 Å². The van der Waals surface area contributed by atoms with Gasteiger partial charge in [-0.3, -0.25) is 0 Å². The van der Waals surface area contributed by atoms with Gasteiger partial charge < -0.3 is 14.9 Å². The normalized spacial score (nSPS) is 11.3. The first-order chi connectivity index (χ1) is 8.70. The van der Waals surface area contributed by atoms with Gasteiger partial charge in [0.05, 0.1) is 17.4 Å². The summed E-state index contributed by atoms with van der Waals surface area (Å²) in [5.74, 6) is 0.867. The summed E-state index contributed by atoms with van der Waals surface area (Å²) in [5, 5.41) is 0. The molecule has 5 nitrogen and oxygen atoms in total. The van der Waals surface area contributed by atoms with Crippen molar-refractivity contribution in [3.63, 3.8) is 0 Å². The average molecular weight is 241 g/mol. The van der Waals surface area contributed by atoms with E-state index in [1.54, 1.807) is 6.33 Å². The Bertz CT molecular complexity index is 707. The first kappa shape index (κ1) is 11.0. The smallest absolute Gasteiger partial charge is 0.161 e. The van der Waals surface area contributed by atoms with E-state index >= 15 is 0 Å². The minimum absolute atomic E-state index is 0.496. The Morgan fingerprint density at radius 3 is 2.78 bits per heavy atom. The molecule has 0 aliphatic heterocycles. The quantitative estimate of drug-likeness (QED) is 0.738. The van der Waals surface area contributed by atoms with Gasteiger partial charge in [0.25, 0.3) is 0 Å². The van der Waals surface area contributed by atoms with Crippen LogP contribution in [0.25, 0.3) is 22.6 Å². The van der Waals surface area contributed by atoms with Crippen LogP contribution < -0.4 is 5.73 Å². The van der Waals surface area contributed by atoms with Crippen LogP contribution in [0.2, 0.25) is 0 Å². The lowest BCUT2D eigenvalue weighted by Gasteiger charge is -1.99. The first-order valence-electron chi connectivity index (χ1n) is 5.83. The molecule has 0 aliphatic carbocycles. The van der Waals surface area contributed by atoms with Crippen molar-refractivity contribution < 1.29 is 0 Å². The van der Waals surface area contributed by atoms with Gasteiger partial charge in [-0.15, -0.1) is 0 Å². The second-order valence-corrected chi connectivity index (χ2v) is 4.41. The Labute approximate surface area is 105 Å². The second kappa shape index (κ2) is 3.96. The Morgan fingerprint density at radius 2 is 2.11 bits per heavy atom. The zero-order chi connectivity index (χ0) is 12.7. The molecule has 1 aromatic carbocycles. The molecular weight excluding hydrogens is 226 g/mol. The summed E-state index contributed by atoms with van der Waals surface area (Å²) in [6, 6.07) is 6.07. The summed E-state index contributed by atoms with van der Waals surface area (Å²) >= 11 is 0. The zero-order valence-electron chi connectivity index (χ0n) is 10.5. The molecule has 2 aromatic heterocycles. The highest BCUT2D eigenvalue weighted by Gasteiger charge is 2.13. The van der Waals surface area contributed by atoms with Crippen LogP contribution in [0.15, 0.2) is 30.7 Å². The number of imidazole rings is 2. The van der Waals surface area contributed by atoms with Crippen LogP contribution >= 0.6 is 0 Å². The number of benzene rings is 1. The maximum atomic E-state index is 5.75. The van der Waals surface area contributed by atoms with Crippen LogP contribution in [-0.2, 0) is 20.6 Å². The molecule has 2 heterocycles. The Balaban J connectivity index is 2.28. The average Bonchev–Trinajstić information content (AvgIpc) is 2.94. The van der Waals surface area contributed by atoms with Crippen molar-refractivity contribution in [3.05, 3.63) is 36.3 Å². The maximum absolute atomic E-state index is 5.75. The van der Waals surface area contributed by atoms with Gasteiger partial charge in [0.1, 0.15) is 5.69 Å². The summed E-state index contributed by atoms with van der Waals surface area (Å²) in [5.41, 5.74) is 9.73. The van der Waals surface area contributed by atoms with E-state index in [0.29, 0.717) is 6.54 Å². The molecule has 0 unspecified atom stereocenters. The maximum Gasteiger partial charge on any atom is 0.161 e. The molecule has 0 aliphatic rings. The molecule has 0 fully saturated rings. The summed E-state index contributed by atoms with van der Waals surface area (Å²) in [7, 11) is 3.95. The second-order valence-electron chi connectivity index (χ2n) is 4.41. The zero-order valence-corrected chi connectivity index (χ0v) is 10.5. The van der Waals surface area contributed by atoms with Crippen molar-refractivity contribution in [2.24, 2.45) is 19.8 Å². The van der Waals surface area contributed by atoms with Gasteiger partial charge in [0, 0.05) is 26.8 Å². The third-order valence-electron chi connectivity index (χ3n) is 3.15. The molecule has 2 N–H and O–H groups in total. The lowest BCUT2D eigenvalue weighted by atomic mass is 10.2. The van der Waals surface area contributed by atoms with Crippen molar-refractivity contribution in [1.82, 2.24) is 19.1 Å². The van der Waals surface area contributed by atoms with Crippen molar-refractivity contribution >= 4 is 11.0 Å². The highest BCUT2D eigenvalue weighted by Crippen LogP contribution is 2.24. The summed E-state index contributed by atoms with van der Waals surface area (Å²) < 4.78 is 3.97. The molecule has 0 amide bonds.